The molecule has 0 atom stereocenters. The molecule has 2 aromatic carbocycles. The molecule has 0 saturated heterocycles. The van der Waals surface area contributed by atoms with Gasteiger partial charge in [-0.25, -0.2) is 9.18 Å². The van der Waals surface area contributed by atoms with E-state index in [1.54, 1.807) is 32.0 Å². The number of halogens is 1. The summed E-state index contributed by atoms with van der Waals surface area (Å²) in [4.78, 5) is 37.3. The van der Waals surface area contributed by atoms with E-state index in [1.165, 1.54) is 29.2 Å². The van der Waals surface area contributed by atoms with Gasteiger partial charge < -0.3 is 15.3 Å². The Balaban J connectivity index is 2.03. The Morgan fingerprint density at radius 2 is 1.70 bits per heavy atom. The Kier molecular flexibility index (Phi) is 6.65. The van der Waals surface area contributed by atoms with E-state index in [2.05, 4.69) is 5.32 Å². The molecule has 2 aromatic rings. The highest BCUT2D eigenvalue weighted by Gasteiger charge is 2.19. The predicted octanol–water partition coefficient (Wildman–Crippen LogP) is 2.61. The van der Waals surface area contributed by atoms with Gasteiger partial charge in [-0.05, 0) is 55.3 Å². The summed E-state index contributed by atoms with van der Waals surface area (Å²) in [7, 11) is 0. The molecular weight excluding hydrogens is 351 g/mol. The number of carbonyl (C=O) groups is 3. The number of rotatable bonds is 7. The molecule has 0 heterocycles. The predicted molar refractivity (Wildman–Crippen MR) is 98.0 cm³/mol. The van der Waals surface area contributed by atoms with E-state index in [9.17, 15) is 18.8 Å². The van der Waals surface area contributed by atoms with Crippen molar-refractivity contribution < 1.29 is 23.9 Å². The summed E-state index contributed by atoms with van der Waals surface area (Å²) < 4.78 is 12.9. The third kappa shape index (κ3) is 5.64. The second-order valence-electron chi connectivity index (χ2n) is 6.12. The molecule has 0 aliphatic heterocycles. The fourth-order valence-corrected chi connectivity index (χ4v) is 2.57. The number of carboxylic acid groups (broad SMARTS) is 1. The minimum absolute atomic E-state index is 0.0233. The van der Waals surface area contributed by atoms with Crippen LogP contribution < -0.4 is 5.32 Å². The quantitative estimate of drug-likeness (QED) is 0.782. The van der Waals surface area contributed by atoms with E-state index in [4.69, 9.17) is 5.11 Å². The lowest BCUT2D eigenvalue weighted by Crippen LogP contribution is -2.40. The summed E-state index contributed by atoms with van der Waals surface area (Å²) in [6.45, 7) is 3.79. The molecule has 0 saturated carbocycles. The third-order valence-corrected chi connectivity index (χ3v) is 3.98. The third-order valence-electron chi connectivity index (χ3n) is 3.98. The van der Waals surface area contributed by atoms with Gasteiger partial charge in [-0.3, -0.25) is 9.59 Å². The highest BCUT2D eigenvalue weighted by molar-refractivity contribution is 5.99. The fraction of sp³-hybridized carbons (Fsp3) is 0.250. The lowest BCUT2D eigenvalue weighted by molar-refractivity contribution is -0.121. The maximum Gasteiger partial charge on any atom is 0.335 e. The fourth-order valence-electron chi connectivity index (χ4n) is 2.57. The molecular formula is C20H21FN2O4. The van der Waals surface area contributed by atoms with Crippen LogP contribution in [0.4, 0.5) is 4.39 Å². The van der Waals surface area contributed by atoms with Gasteiger partial charge in [0.15, 0.2) is 0 Å². The first-order valence-corrected chi connectivity index (χ1v) is 8.45. The normalized spacial score (nSPS) is 10.3. The number of nitrogens with zero attached hydrogens (tertiary/aromatic N) is 1. The maximum atomic E-state index is 12.9. The molecule has 6 nitrogen and oxygen atoms in total. The van der Waals surface area contributed by atoms with Crippen LogP contribution in [0.15, 0.2) is 42.5 Å². The van der Waals surface area contributed by atoms with Gasteiger partial charge in [0.05, 0.1) is 12.1 Å². The van der Waals surface area contributed by atoms with Gasteiger partial charge in [-0.2, -0.15) is 0 Å². The SMILES string of the molecule is CCN(CC(=O)NCc1ccc(F)cc1)C(=O)c1cc(C)cc(C(=O)O)c1. The van der Waals surface area contributed by atoms with Crippen molar-refractivity contribution in [3.8, 4) is 0 Å². The lowest BCUT2D eigenvalue weighted by atomic mass is 10.1. The number of hydrogen-bond donors (Lipinski definition) is 2. The van der Waals surface area contributed by atoms with E-state index in [0.717, 1.165) is 5.56 Å². The zero-order chi connectivity index (χ0) is 20.0. The van der Waals surface area contributed by atoms with Gasteiger partial charge in [-0.15, -0.1) is 0 Å². The Hall–Kier alpha value is -3.22. The summed E-state index contributed by atoms with van der Waals surface area (Å²) >= 11 is 0. The molecule has 27 heavy (non-hydrogen) atoms. The highest BCUT2D eigenvalue weighted by Crippen LogP contribution is 2.12. The molecule has 0 bridgehead atoms. The Bertz CT molecular complexity index is 850. The number of likely N-dealkylation sites (N-methyl/N-ethyl adjacent to an activating group) is 1. The Labute approximate surface area is 156 Å². The molecule has 0 aromatic heterocycles. The van der Waals surface area contributed by atoms with Gasteiger partial charge in [0.25, 0.3) is 5.91 Å². The van der Waals surface area contributed by atoms with Crippen LogP contribution in [0.1, 0.15) is 38.8 Å². The molecule has 0 aliphatic rings. The summed E-state index contributed by atoms with van der Waals surface area (Å²) in [6, 6.07) is 10.1. The minimum Gasteiger partial charge on any atom is -0.478 e. The van der Waals surface area contributed by atoms with Gasteiger partial charge in [0.2, 0.25) is 5.91 Å². The average Bonchev–Trinajstić information content (AvgIpc) is 2.64. The van der Waals surface area contributed by atoms with Crippen LogP contribution in [0.2, 0.25) is 0 Å². The van der Waals surface area contributed by atoms with Crippen molar-refractivity contribution in [2.24, 2.45) is 0 Å². The number of aromatic carboxylic acids is 1. The number of carboxylic acids is 1. The molecule has 7 heteroatoms. The van der Waals surface area contributed by atoms with Crippen molar-refractivity contribution in [3.63, 3.8) is 0 Å². The van der Waals surface area contributed by atoms with Crippen molar-refractivity contribution in [1.29, 1.82) is 0 Å². The molecule has 0 unspecified atom stereocenters. The molecule has 0 radical (unpaired) electrons. The number of benzene rings is 2. The molecule has 2 amide bonds. The van der Waals surface area contributed by atoms with Crippen molar-refractivity contribution >= 4 is 17.8 Å². The average molecular weight is 372 g/mol. The van der Waals surface area contributed by atoms with Gasteiger partial charge in [0.1, 0.15) is 5.82 Å². The van der Waals surface area contributed by atoms with E-state index < -0.39 is 11.9 Å². The van der Waals surface area contributed by atoms with Crippen LogP contribution in [0.25, 0.3) is 0 Å². The highest BCUT2D eigenvalue weighted by atomic mass is 19.1. The second kappa shape index (κ2) is 8.93. The maximum absolute atomic E-state index is 12.9. The smallest absolute Gasteiger partial charge is 0.335 e. The van der Waals surface area contributed by atoms with Crippen LogP contribution in [-0.4, -0.2) is 40.9 Å². The van der Waals surface area contributed by atoms with Crippen molar-refractivity contribution in [3.05, 3.63) is 70.5 Å². The number of amides is 2. The van der Waals surface area contributed by atoms with Crippen molar-refractivity contribution in [1.82, 2.24) is 10.2 Å². The van der Waals surface area contributed by atoms with E-state index in [0.29, 0.717) is 12.1 Å². The van der Waals surface area contributed by atoms with E-state index in [-0.39, 0.29) is 35.9 Å². The van der Waals surface area contributed by atoms with Gasteiger partial charge >= 0.3 is 5.97 Å². The molecule has 0 spiro atoms. The Morgan fingerprint density at radius 1 is 1.07 bits per heavy atom. The van der Waals surface area contributed by atoms with Crippen LogP contribution in [-0.2, 0) is 11.3 Å². The van der Waals surface area contributed by atoms with Crippen LogP contribution in [0, 0.1) is 12.7 Å². The molecule has 142 valence electrons. The molecule has 0 aliphatic carbocycles. The summed E-state index contributed by atoms with van der Waals surface area (Å²) in [6.07, 6.45) is 0. The van der Waals surface area contributed by atoms with Crippen molar-refractivity contribution in [2.45, 2.75) is 20.4 Å². The van der Waals surface area contributed by atoms with Crippen LogP contribution >= 0.6 is 0 Å². The van der Waals surface area contributed by atoms with Gasteiger partial charge in [-0.1, -0.05) is 12.1 Å². The topological polar surface area (TPSA) is 86.7 Å². The minimum atomic E-state index is -1.12. The summed E-state index contributed by atoms with van der Waals surface area (Å²) in [5, 5.41) is 11.8. The summed E-state index contributed by atoms with van der Waals surface area (Å²) in [5.74, 6) is -2.25. The van der Waals surface area contributed by atoms with Gasteiger partial charge in [0, 0.05) is 18.7 Å². The number of hydrogen-bond acceptors (Lipinski definition) is 3. The molecule has 0 fully saturated rings. The molecule has 2 N–H and O–H groups in total. The Morgan fingerprint density at radius 3 is 2.30 bits per heavy atom. The van der Waals surface area contributed by atoms with Crippen LogP contribution in [0.5, 0.6) is 0 Å². The second-order valence-corrected chi connectivity index (χ2v) is 6.12. The lowest BCUT2D eigenvalue weighted by Gasteiger charge is -2.21. The first kappa shape index (κ1) is 20.1. The first-order valence-electron chi connectivity index (χ1n) is 8.45. The zero-order valence-electron chi connectivity index (χ0n) is 15.2. The summed E-state index contributed by atoms with van der Waals surface area (Å²) in [5.41, 5.74) is 1.63. The zero-order valence-corrected chi connectivity index (χ0v) is 15.2. The largest absolute Gasteiger partial charge is 0.478 e. The van der Waals surface area contributed by atoms with E-state index >= 15 is 0 Å². The van der Waals surface area contributed by atoms with E-state index in [1.807, 2.05) is 0 Å². The first-order chi connectivity index (χ1) is 12.8. The standard InChI is InChI=1S/C20H21FN2O4/c1-3-23(12-18(24)22-11-14-4-6-17(21)7-5-14)19(25)15-8-13(2)9-16(10-15)20(26)27/h4-10H,3,11-12H2,1-2H3,(H,22,24)(H,26,27). The van der Waals surface area contributed by atoms with Crippen LogP contribution in [0.3, 0.4) is 0 Å². The number of nitrogens with one attached hydrogen (secondary N) is 1. The molecule has 2 rings (SSSR count). The monoisotopic (exact) mass is 372 g/mol. The number of carbonyl (C=O) groups excluding carboxylic acids is 2. The van der Waals surface area contributed by atoms with Crippen molar-refractivity contribution in [2.75, 3.05) is 13.1 Å². The number of aryl methyl sites for hydroxylation is 1.